The second-order valence-corrected chi connectivity index (χ2v) is 2.19. The van der Waals surface area contributed by atoms with Gasteiger partial charge in [0, 0.05) is 6.21 Å². The van der Waals surface area contributed by atoms with Crippen LogP contribution in [0.1, 0.15) is 5.56 Å². The van der Waals surface area contributed by atoms with Crippen molar-refractivity contribution in [2.75, 3.05) is 6.61 Å². The first kappa shape index (κ1) is 7.95. The van der Waals surface area contributed by atoms with E-state index in [1.54, 1.807) is 0 Å². The molecule has 0 amide bonds. The highest BCUT2D eigenvalue weighted by atomic mass is 16.2. The second kappa shape index (κ2) is 4.63. The van der Waals surface area contributed by atoms with Gasteiger partial charge in [0.15, 0.2) is 0 Å². The fraction of sp³-hybridized carbons (Fsp3) is 0.222. The minimum atomic E-state index is 0.0207. The molecule has 0 unspecified atom stereocenters. The summed E-state index contributed by atoms with van der Waals surface area (Å²) in [6, 6.07) is 9.94. The zero-order valence-electron chi connectivity index (χ0n) is 6.27. The van der Waals surface area contributed by atoms with Gasteiger partial charge in [-0.3, -0.25) is 4.99 Å². The third-order valence-electron chi connectivity index (χ3n) is 1.33. The van der Waals surface area contributed by atoms with Crippen molar-refractivity contribution >= 4 is 6.21 Å². The van der Waals surface area contributed by atoms with Gasteiger partial charge in [0.1, 0.15) is 0 Å². The fourth-order valence-corrected chi connectivity index (χ4v) is 0.811. The molecule has 58 valence electrons. The molecular formula is C9H11NO. The number of hydrogen-bond acceptors (Lipinski definition) is 2. The third kappa shape index (κ3) is 2.96. The van der Waals surface area contributed by atoms with Crippen LogP contribution in [0.3, 0.4) is 0 Å². The van der Waals surface area contributed by atoms with Crippen molar-refractivity contribution in [2.45, 2.75) is 6.54 Å². The molecule has 11 heavy (non-hydrogen) atoms. The monoisotopic (exact) mass is 149 g/mol. The molecule has 1 N–H and O–H groups in total. The molecule has 1 aromatic carbocycles. The summed E-state index contributed by atoms with van der Waals surface area (Å²) in [7, 11) is 0. The maximum Gasteiger partial charge on any atom is 0.0779 e. The van der Waals surface area contributed by atoms with E-state index in [-0.39, 0.29) is 6.61 Å². The molecule has 0 radical (unpaired) electrons. The molecule has 0 aliphatic rings. The van der Waals surface area contributed by atoms with Gasteiger partial charge in [-0.15, -0.1) is 0 Å². The van der Waals surface area contributed by atoms with Crippen LogP contribution in [0.2, 0.25) is 0 Å². The highest BCUT2D eigenvalue weighted by Crippen LogP contribution is 1.98. The van der Waals surface area contributed by atoms with Gasteiger partial charge in [-0.25, -0.2) is 0 Å². The van der Waals surface area contributed by atoms with Gasteiger partial charge in [-0.05, 0) is 5.56 Å². The average Bonchev–Trinajstić information content (AvgIpc) is 2.07. The predicted molar refractivity (Wildman–Crippen MR) is 45.7 cm³/mol. The Hall–Kier alpha value is -1.15. The van der Waals surface area contributed by atoms with Crippen molar-refractivity contribution < 1.29 is 5.11 Å². The van der Waals surface area contributed by atoms with Gasteiger partial charge < -0.3 is 5.11 Å². The summed E-state index contributed by atoms with van der Waals surface area (Å²) in [6.45, 7) is 0.675. The van der Waals surface area contributed by atoms with Crippen molar-refractivity contribution in [3.05, 3.63) is 35.9 Å². The van der Waals surface area contributed by atoms with E-state index >= 15 is 0 Å². The highest BCUT2D eigenvalue weighted by Gasteiger charge is 1.84. The Kier molecular flexibility index (Phi) is 3.35. The van der Waals surface area contributed by atoms with Crippen molar-refractivity contribution in [2.24, 2.45) is 4.99 Å². The summed E-state index contributed by atoms with van der Waals surface area (Å²) in [5, 5.41) is 8.39. The Labute approximate surface area is 66.2 Å². The van der Waals surface area contributed by atoms with Gasteiger partial charge in [-0.2, -0.15) is 0 Å². The molecule has 0 aliphatic heterocycles. The molecule has 2 heteroatoms. The van der Waals surface area contributed by atoms with E-state index in [1.165, 1.54) is 6.21 Å². The number of nitrogens with zero attached hydrogens (tertiary/aromatic N) is 1. The zero-order valence-corrected chi connectivity index (χ0v) is 6.27. The van der Waals surface area contributed by atoms with Gasteiger partial charge in [-0.1, -0.05) is 30.3 Å². The summed E-state index contributed by atoms with van der Waals surface area (Å²) in [4.78, 5) is 3.99. The molecule has 0 aliphatic carbocycles. The molecule has 0 heterocycles. The summed E-state index contributed by atoms with van der Waals surface area (Å²) in [5.41, 5.74) is 1.16. The number of rotatable bonds is 3. The molecule has 0 fully saturated rings. The summed E-state index contributed by atoms with van der Waals surface area (Å²) in [6.07, 6.45) is 1.51. The molecule has 0 bridgehead atoms. The number of aliphatic imine (C=N–C) groups is 1. The summed E-state index contributed by atoms with van der Waals surface area (Å²) < 4.78 is 0. The SMILES string of the molecule is OCC=NCc1ccccc1. The van der Waals surface area contributed by atoms with E-state index < -0.39 is 0 Å². The van der Waals surface area contributed by atoms with Gasteiger partial charge >= 0.3 is 0 Å². The van der Waals surface area contributed by atoms with Crippen LogP contribution in [0.4, 0.5) is 0 Å². The minimum absolute atomic E-state index is 0.0207. The zero-order chi connectivity index (χ0) is 7.94. The quantitative estimate of drug-likeness (QED) is 0.644. The van der Waals surface area contributed by atoms with Crippen molar-refractivity contribution in [3.63, 3.8) is 0 Å². The largest absolute Gasteiger partial charge is 0.391 e. The van der Waals surface area contributed by atoms with Crippen molar-refractivity contribution in [3.8, 4) is 0 Å². The Morgan fingerprint density at radius 1 is 1.27 bits per heavy atom. The highest BCUT2D eigenvalue weighted by molar-refractivity contribution is 5.58. The second-order valence-electron chi connectivity index (χ2n) is 2.19. The molecular weight excluding hydrogens is 138 g/mol. The van der Waals surface area contributed by atoms with Crippen LogP contribution >= 0.6 is 0 Å². The summed E-state index contributed by atoms with van der Waals surface area (Å²) in [5.74, 6) is 0. The average molecular weight is 149 g/mol. The smallest absolute Gasteiger partial charge is 0.0779 e. The van der Waals surface area contributed by atoms with E-state index in [0.717, 1.165) is 5.56 Å². The Morgan fingerprint density at radius 2 is 2.00 bits per heavy atom. The lowest BCUT2D eigenvalue weighted by molar-refractivity contribution is 0.361. The molecule has 0 spiro atoms. The lowest BCUT2D eigenvalue weighted by Gasteiger charge is -1.92. The lowest BCUT2D eigenvalue weighted by atomic mass is 10.2. The molecule has 0 aromatic heterocycles. The first-order valence-electron chi connectivity index (χ1n) is 3.56. The fourth-order valence-electron chi connectivity index (χ4n) is 0.811. The van der Waals surface area contributed by atoms with Gasteiger partial charge in [0.2, 0.25) is 0 Å². The maximum atomic E-state index is 8.39. The van der Waals surface area contributed by atoms with Crippen molar-refractivity contribution in [1.82, 2.24) is 0 Å². The van der Waals surface area contributed by atoms with Crippen LogP contribution in [0, 0.1) is 0 Å². The third-order valence-corrected chi connectivity index (χ3v) is 1.33. The maximum absolute atomic E-state index is 8.39. The minimum Gasteiger partial charge on any atom is -0.391 e. The number of benzene rings is 1. The standard InChI is InChI=1S/C9H11NO/c11-7-6-10-8-9-4-2-1-3-5-9/h1-6,11H,7-8H2. The lowest BCUT2D eigenvalue weighted by Crippen LogP contribution is -1.84. The van der Waals surface area contributed by atoms with E-state index in [2.05, 4.69) is 4.99 Å². The van der Waals surface area contributed by atoms with E-state index in [0.29, 0.717) is 6.54 Å². The Bertz CT molecular complexity index is 218. The van der Waals surface area contributed by atoms with Crippen LogP contribution in [0.25, 0.3) is 0 Å². The Balaban J connectivity index is 2.45. The first-order chi connectivity index (χ1) is 5.43. The van der Waals surface area contributed by atoms with Crippen LogP contribution < -0.4 is 0 Å². The van der Waals surface area contributed by atoms with E-state index in [1.807, 2.05) is 30.3 Å². The summed E-state index contributed by atoms with van der Waals surface area (Å²) >= 11 is 0. The topological polar surface area (TPSA) is 32.6 Å². The van der Waals surface area contributed by atoms with Gasteiger partial charge in [0.05, 0.1) is 13.2 Å². The molecule has 0 saturated carbocycles. The van der Waals surface area contributed by atoms with E-state index in [4.69, 9.17) is 5.11 Å². The van der Waals surface area contributed by atoms with Crippen LogP contribution in [-0.2, 0) is 6.54 Å². The number of hydrogen-bond donors (Lipinski definition) is 1. The van der Waals surface area contributed by atoms with Crippen LogP contribution in [0.15, 0.2) is 35.3 Å². The van der Waals surface area contributed by atoms with Crippen molar-refractivity contribution in [1.29, 1.82) is 0 Å². The molecule has 0 saturated heterocycles. The normalized spacial score (nSPS) is 10.6. The Morgan fingerprint density at radius 3 is 2.64 bits per heavy atom. The molecule has 2 nitrogen and oxygen atoms in total. The molecule has 1 rings (SSSR count). The predicted octanol–water partition coefficient (Wildman–Crippen LogP) is 1.25. The molecule has 1 aromatic rings. The van der Waals surface area contributed by atoms with Crippen LogP contribution in [0.5, 0.6) is 0 Å². The van der Waals surface area contributed by atoms with Gasteiger partial charge in [0.25, 0.3) is 0 Å². The van der Waals surface area contributed by atoms with E-state index in [9.17, 15) is 0 Å². The van der Waals surface area contributed by atoms with Crippen LogP contribution in [-0.4, -0.2) is 17.9 Å². The number of aliphatic hydroxyl groups excluding tert-OH is 1. The molecule has 0 atom stereocenters. The number of aliphatic hydroxyl groups is 1. The first-order valence-corrected chi connectivity index (χ1v) is 3.56.